The zero-order chi connectivity index (χ0) is 16.2. The molecule has 3 N–H and O–H groups in total. The van der Waals surface area contributed by atoms with Crippen molar-refractivity contribution in [2.45, 2.75) is 0 Å². The first-order valence-electron chi connectivity index (χ1n) is 5.71. The van der Waals surface area contributed by atoms with Crippen LogP contribution in [0.2, 0.25) is 0 Å². The van der Waals surface area contributed by atoms with Crippen LogP contribution in [0.15, 0.2) is 12.1 Å². The second-order valence-corrected chi connectivity index (χ2v) is 4.08. The summed E-state index contributed by atoms with van der Waals surface area (Å²) in [6.45, 7) is -0.283. The molecule has 0 saturated carbocycles. The number of likely N-dealkylation sites (N-methyl/N-ethyl adjacent to an activating group) is 2. The number of anilines is 1. The first-order chi connectivity index (χ1) is 9.76. The van der Waals surface area contributed by atoms with E-state index in [0.717, 1.165) is 4.90 Å². The predicted octanol–water partition coefficient (Wildman–Crippen LogP) is 0.873. The predicted molar refractivity (Wildman–Crippen MR) is 69.0 cm³/mol. The van der Waals surface area contributed by atoms with Crippen LogP contribution in [-0.2, 0) is 4.79 Å². The van der Waals surface area contributed by atoms with Gasteiger partial charge >= 0.3 is 12.0 Å². The van der Waals surface area contributed by atoms with Crippen molar-refractivity contribution < 1.29 is 28.3 Å². The van der Waals surface area contributed by atoms with Gasteiger partial charge in [-0.05, 0) is 6.07 Å². The van der Waals surface area contributed by atoms with Crippen molar-refractivity contribution in [3.8, 4) is 0 Å². The SMILES string of the molecule is CNC(=O)CN(C)C(=O)Nc1cc(F)c(F)cc1C(=O)O. The van der Waals surface area contributed by atoms with Crippen molar-refractivity contribution in [3.05, 3.63) is 29.3 Å². The van der Waals surface area contributed by atoms with E-state index in [1.165, 1.54) is 14.1 Å². The summed E-state index contributed by atoms with van der Waals surface area (Å²) < 4.78 is 26.2. The van der Waals surface area contributed by atoms with Crippen LogP contribution in [-0.4, -0.2) is 48.6 Å². The van der Waals surface area contributed by atoms with Crippen molar-refractivity contribution in [1.29, 1.82) is 0 Å². The van der Waals surface area contributed by atoms with Gasteiger partial charge in [-0.1, -0.05) is 0 Å². The summed E-state index contributed by atoms with van der Waals surface area (Å²) in [7, 11) is 2.66. The highest BCUT2D eigenvalue weighted by Gasteiger charge is 2.19. The van der Waals surface area contributed by atoms with Gasteiger partial charge in [0.25, 0.3) is 0 Å². The van der Waals surface area contributed by atoms with Crippen molar-refractivity contribution >= 4 is 23.6 Å². The van der Waals surface area contributed by atoms with E-state index >= 15 is 0 Å². The number of benzene rings is 1. The second-order valence-electron chi connectivity index (χ2n) is 4.08. The van der Waals surface area contributed by atoms with E-state index in [1.807, 2.05) is 0 Å². The minimum Gasteiger partial charge on any atom is -0.478 e. The summed E-state index contributed by atoms with van der Waals surface area (Å²) in [6, 6.07) is 0.184. The summed E-state index contributed by atoms with van der Waals surface area (Å²) in [5.41, 5.74) is -1.01. The molecule has 0 aliphatic carbocycles. The number of aromatic carboxylic acids is 1. The van der Waals surface area contributed by atoms with Gasteiger partial charge in [0.05, 0.1) is 11.3 Å². The maximum absolute atomic E-state index is 13.1. The van der Waals surface area contributed by atoms with Gasteiger partial charge in [0.15, 0.2) is 11.6 Å². The molecular weight excluding hydrogens is 288 g/mol. The van der Waals surface area contributed by atoms with Crippen LogP contribution in [0.25, 0.3) is 0 Å². The molecule has 0 aromatic heterocycles. The lowest BCUT2D eigenvalue weighted by Gasteiger charge is -2.18. The Hall–Kier alpha value is -2.71. The van der Waals surface area contributed by atoms with Gasteiger partial charge in [0.2, 0.25) is 5.91 Å². The summed E-state index contributed by atoms with van der Waals surface area (Å²) in [5.74, 6) is -4.62. The molecule has 0 unspecified atom stereocenters. The monoisotopic (exact) mass is 301 g/mol. The fraction of sp³-hybridized carbons (Fsp3) is 0.250. The zero-order valence-electron chi connectivity index (χ0n) is 11.2. The number of carboxylic acid groups (broad SMARTS) is 1. The number of carboxylic acids is 1. The Balaban J connectivity index is 2.96. The number of amides is 3. The molecule has 1 aromatic rings. The normalized spacial score (nSPS) is 9.90. The van der Waals surface area contributed by atoms with Crippen molar-refractivity contribution in [2.24, 2.45) is 0 Å². The minimum absolute atomic E-state index is 0.283. The molecule has 21 heavy (non-hydrogen) atoms. The molecular formula is C12H13F2N3O4. The van der Waals surface area contributed by atoms with Crippen molar-refractivity contribution in [1.82, 2.24) is 10.2 Å². The van der Waals surface area contributed by atoms with Gasteiger partial charge < -0.3 is 20.6 Å². The van der Waals surface area contributed by atoms with Crippen LogP contribution >= 0.6 is 0 Å². The molecule has 0 radical (unpaired) electrons. The molecule has 0 aliphatic heterocycles. The molecule has 3 amide bonds. The third kappa shape index (κ3) is 4.13. The Morgan fingerprint density at radius 3 is 2.33 bits per heavy atom. The Morgan fingerprint density at radius 1 is 1.24 bits per heavy atom. The molecule has 1 rings (SSSR count). The number of urea groups is 1. The molecule has 0 bridgehead atoms. The molecule has 0 spiro atoms. The van der Waals surface area contributed by atoms with E-state index in [-0.39, 0.29) is 6.54 Å². The number of nitrogens with one attached hydrogen (secondary N) is 2. The largest absolute Gasteiger partial charge is 0.478 e. The van der Waals surface area contributed by atoms with E-state index in [0.29, 0.717) is 12.1 Å². The highest BCUT2D eigenvalue weighted by Crippen LogP contribution is 2.20. The number of hydrogen-bond acceptors (Lipinski definition) is 3. The maximum Gasteiger partial charge on any atom is 0.337 e. The first kappa shape index (κ1) is 16.3. The van der Waals surface area contributed by atoms with E-state index in [1.54, 1.807) is 0 Å². The maximum atomic E-state index is 13.1. The fourth-order valence-corrected chi connectivity index (χ4v) is 1.40. The lowest BCUT2D eigenvalue weighted by molar-refractivity contribution is -0.120. The number of carbonyl (C=O) groups excluding carboxylic acids is 2. The summed E-state index contributed by atoms with van der Waals surface area (Å²) in [6.07, 6.45) is 0. The summed E-state index contributed by atoms with van der Waals surface area (Å²) in [4.78, 5) is 34.8. The number of rotatable bonds is 4. The topological polar surface area (TPSA) is 98.7 Å². The van der Waals surface area contributed by atoms with Crippen molar-refractivity contribution in [2.75, 3.05) is 26.0 Å². The number of halogens is 2. The third-order valence-electron chi connectivity index (χ3n) is 2.54. The van der Waals surface area contributed by atoms with E-state index in [2.05, 4.69) is 10.6 Å². The molecule has 0 saturated heterocycles. The standard InChI is InChI=1S/C12H13F2N3O4/c1-15-10(18)5-17(2)12(21)16-9-4-8(14)7(13)3-6(9)11(19)20/h3-4H,5H2,1-2H3,(H,15,18)(H,16,21)(H,19,20). The van der Waals surface area contributed by atoms with Crippen molar-refractivity contribution in [3.63, 3.8) is 0 Å². The number of carbonyl (C=O) groups is 3. The Bertz CT molecular complexity index is 592. The van der Waals surface area contributed by atoms with Gasteiger partial charge in [-0.15, -0.1) is 0 Å². The van der Waals surface area contributed by atoms with Crippen LogP contribution in [0.4, 0.5) is 19.3 Å². The quantitative estimate of drug-likeness (QED) is 0.768. The molecule has 114 valence electrons. The molecule has 7 nitrogen and oxygen atoms in total. The summed E-state index contributed by atoms with van der Waals surface area (Å²) in [5, 5.41) is 13.3. The lowest BCUT2D eigenvalue weighted by Crippen LogP contribution is -2.39. The highest BCUT2D eigenvalue weighted by atomic mass is 19.2. The van der Waals surface area contributed by atoms with Crippen LogP contribution < -0.4 is 10.6 Å². The van der Waals surface area contributed by atoms with Gasteiger partial charge in [0, 0.05) is 20.2 Å². The first-order valence-corrected chi connectivity index (χ1v) is 5.71. The minimum atomic E-state index is -1.53. The second kappa shape index (κ2) is 6.64. The molecule has 0 fully saturated rings. The third-order valence-corrected chi connectivity index (χ3v) is 2.54. The lowest BCUT2D eigenvalue weighted by atomic mass is 10.1. The zero-order valence-corrected chi connectivity index (χ0v) is 11.2. The Kier molecular flexibility index (Phi) is 5.17. The number of hydrogen-bond donors (Lipinski definition) is 3. The Labute approximate surface area is 118 Å². The van der Waals surface area contributed by atoms with Gasteiger partial charge in [-0.2, -0.15) is 0 Å². The fourth-order valence-electron chi connectivity index (χ4n) is 1.40. The molecule has 9 heteroatoms. The molecule has 0 heterocycles. The molecule has 0 aliphatic rings. The smallest absolute Gasteiger partial charge is 0.337 e. The van der Waals surface area contributed by atoms with E-state index < -0.39 is 40.8 Å². The Morgan fingerprint density at radius 2 is 1.81 bits per heavy atom. The number of nitrogens with zero attached hydrogens (tertiary/aromatic N) is 1. The van der Waals surface area contributed by atoms with E-state index in [9.17, 15) is 23.2 Å². The van der Waals surface area contributed by atoms with Crippen LogP contribution in [0, 0.1) is 11.6 Å². The average Bonchev–Trinajstić information content (AvgIpc) is 2.41. The van der Waals surface area contributed by atoms with Crippen LogP contribution in [0.1, 0.15) is 10.4 Å². The highest BCUT2D eigenvalue weighted by molar-refractivity contribution is 6.00. The molecule has 0 atom stereocenters. The van der Waals surface area contributed by atoms with E-state index in [4.69, 9.17) is 5.11 Å². The van der Waals surface area contributed by atoms with Gasteiger partial charge in [-0.3, -0.25) is 4.79 Å². The van der Waals surface area contributed by atoms with Crippen LogP contribution in [0.3, 0.4) is 0 Å². The van der Waals surface area contributed by atoms with Gasteiger partial charge in [0.1, 0.15) is 6.54 Å². The average molecular weight is 301 g/mol. The van der Waals surface area contributed by atoms with Gasteiger partial charge in [-0.25, -0.2) is 18.4 Å². The summed E-state index contributed by atoms with van der Waals surface area (Å²) >= 11 is 0. The molecule has 1 aromatic carbocycles. The van der Waals surface area contributed by atoms with Crippen LogP contribution in [0.5, 0.6) is 0 Å².